The third kappa shape index (κ3) is 3.50. The van der Waals surface area contributed by atoms with Gasteiger partial charge in [-0.15, -0.1) is 0 Å². The van der Waals surface area contributed by atoms with Gasteiger partial charge >= 0.3 is 0 Å². The third-order valence-electron chi connectivity index (χ3n) is 6.62. The molecular formula is C23H28N6O2. The van der Waals surface area contributed by atoms with Crippen LogP contribution in [0.25, 0.3) is 11.0 Å². The molecule has 162 valence electrons. The molecule has 2 aliphatic rings. The van der Waals surface area contributed by atoms with Crippen LogP contribution in [0.3, 0.4) is 0 Å². The highest BCUT2D eigenvalue weighted by Gasteiger charge is 2.34. The highest BCUT2D eigenvalue weighted by Crippen LogP contribution is 2.40. The largest absolute Gasteiger partial charge is 0.478 e. The van der Waals surface area contributed by atoms with Gasteiger partial charge in [-0.1, -0.05) is 6.07 Å². The lowest BCUT2D eigenvalue weighted by molar-refractivity contribution is 0.127. The summed E-state index contributed by atoms with van der Waals surface area (Å²) in [6, 6.07) is 8.23. The van der Waals surface area contributed by atoms with Gasteiger partial charge in [0.1, 0.15) is 35.1 Å². The number of aryl methyl sites for hydroxylation is 1. The van der Waals surface area contributed by atoms with Gasteiger partial charge in [-0.2, -0.15) is 0 Å². The predicted octanol–water partition coefficient (Wildman–Crippen LogP) is 3.12. The molecule has 0 unspecified atom stereocenters. The maximum atomic E-state index is 10.7. The maximum absolute atomic E-state index is 10.7. The van der Waals surface area contributed by atoms with Gasteiger partial charge in [-0.3, -0.25) is 0 Å². The molecule has 31 heavy (non-hydrogen) atoms. The number of hydrogen-bond donors (Lipinski definition) is 3. The summed E-state index contributed by atoms with van der Waals surface area (Å²) in [6.07, 6.45) is 6.54. The Bertz CT molecular complexity index is 1170. The van der Waals surface area contributed by atoms with Gasteiger partial charge < -0.3 is 25.9 Å². The van der Waals surface area contributed by atoms with Crippen LogP contribution in [-0.4, -0.2) is 37.2 Å². The van der Waals surface area contributed by atoms with Crippen LogP contribution in [0.15, 0.2) is 41.8 Å². The number of rotatable bonds is 4. The van der Waals surface area contributed by atoms with Crippen molar-refractivity contribution >= 4 is 28.4 Å². The molecule has 0 radical (unpaired) electrons. The maximum Gasteiger partial charge on any atom is 0.160 e. The van der Waals surface area contributed by atoms with Gasteiger partial charge in [-0.25, -0.2) is 15.0 Å². The summed E-state index contributed by atoms with van der Waals surface area (Å²) in [5, 5.41) is 11.6. The first-order valence-corrected chi connectivity index (χ1v) is 10.7. The molecule has 0 spiro atoms. The number of aliphatic hydroxyl groups is 1. The molecule has 1 saturated carbocycles. The zero-order valence-electron chi connectivity index (χ0n) is 17.8. The van der Waals surface area contributed by atoms with Crippen molar-refractivity contribution in [2.75, 3.05) is 5.73 Å². The predicted molar refractivity (Wildman–Crippen MR) is 120 cm³/mol. The van der Waals surface area contributed by atoms with Crippen LogP contribution in [0.2, 0.25) is 0 Å². The zero-order chi connectivity index (χ0) is 21.8. The summed E-state index contributed by atoms with van der Waals surface area (Å²) in [6.45, 7) is 3.82. The van der Waals surface area contributed by atoms with Crippen LogP contribution in [0.1, 0.15) is 44.7 Å². The molecule has 0 saturated heterocycles. The van der Waals surface area contributed by atoms with Crippen LogP contribution in [0.5, 0.6) is 5.75 Å². The normalized spacial score (nSPS) is 24.6. The van der Waals surface area contributed by atoms with Gasteiger partial charge in [-0.05, 0) is 69.2 Å². The molecule has 0 amide bonds. The molecular weight excluding hydrogens is 392 g/mol. The van der Waals surface area contributed by atoms with Crippen LogP contribution in [-0.2, 0) is 6.42 Å². The number of amidine groups is 1. The smallest absolute Gasteiger partial charge is 0.160 e. The average molecular weight is 421 g/mol. The fourth-order valence-corrected chi connectivity index (χ4v) is 4.73. The van der Waals surface area contributed by atoms with E-state index in [1.54, 1.807) is 0 Å². The lowest BCUT2D eigenvalue weighted by atomic mass is 9.96. The molecule has 3 atom stereocenters. The number of anilines is 1. The molecule has 1 fully saturated rings. The number of aliphatic imine (C=N–C) groups is 1. The lowest BCUT2D eigenvalue weighted by Gasteiger charge is -2.30. The topological polar surface area (TPSA) is 125 Å². The van der Waals surface area contributed by atoms with E-state index in [9.17, 15) is 5.11 Å². The molecule has 8 heteroatoms. The van der Waals surface area contributed by atoms with E-state index >= 15 is 0 Å². The van der Waals surface area contributed by atoms with Gasteiger partial charge in [0.2, 0.25) is 0 Å². The van der Waals surface area contributed by atoms with E-state index < -0.39 is 5.60 Å². The van der Waals surface area contributed by atoms with Crippen LogP contribution >= 0.6 is 0 Å². The Labute approximate surface area is 181 Å². The second-order valence-corrected chi connectivity index (χ2v) is 9.12. The molecule has 5 N–H and O–H groups in total. The van der Waals surface area contributed by atoms with E-state index in [2.05, 4.69) is 25.6 Å². The van der Waals surface area contributed by atoms with Crippen molar-refractivity contribution in [3.05, 3.63) is 42.4 Å². The van der Waals surface area contributed by atoms with Gasteiger partial charge in [0.25, 0.3) is 0 Å². The van der Waals surface area contributed by atoms with E-state index in [4.69, 9.17) is 16.2 Å². The standard InChI is InChI=1S/C23H28N6O2/c1-23(2)22(25)28-17-9-13(4-6-19(17)31-23)3-5-14-10-15(11-18(14)30)29-8-7-16-20(24)26-12-27-21(16)29/h4,6-9,12,14-15,18,30H,3,5,10-11H2,1-2H3,(H2,25,28)(H2,24,26,27)/t14-,15+,18-/m0/s1. The van der Waals surface area contributed by atoms with Crippen LogP contribution < -0.4 is 16.2 Å². The summed E-state index contributed by atoms with van der Waals surface area (Å²) in [7, 11) is 0. The number of benzene rings is 1. The first-order chi connectivity index (χ1) is 14.8. The summed E-state index contributed by atoms with van der Waals surface area (Å²) in [5.74, 6) is 1.95. The fraction of sp³-hybridized carbons (Fsp3) is 0.435. The number of nitrogens with two attached hydrogens (primary N) is 2. The number of aliphatic hydroxyl groups excluding tert-OH is 1. The minimum absolute atomic E-state index is 0.204. The number of aromatic nitrogens is 3. The summed E-state index contributed by atoms with van der Waals surface area (Å²) in [5.41, 5.74) is 14.2. The van der Waals surface area contributed by atoms with Gasteiger partial charge in [0, 0.05) is 12.2 Å². The second kappa shape index (κ2) is 7.23. The Morgan fingerprint density at radius 2 is 2.03 bits per heavy atom. The molecule has 3 aromatic rings. The minimum atomic E-state index is -0.588. The summed E-state index contributed by atoms with van der Waals surface area (Å²) >= 11 is 0. The lowest BCUT2D eigenvalue weighted by Crippen LogP contribution is -2.45. The fourth-order valence-electron chi connectivity index (χ4n) is 4.73. The Balaban J connectivity index is 1.28. The first kappa shape index (κ1) is 19.8. The molecule has 5 rings (SSSR count). The van der Waals surface area contributed by atoms with E-state index in [0.29, 0.717) is 18.1 Å². The minimum Gasteiger partial charge on any atom is -0.478 e. The first-order valence-electron chi connectivity index (χ1n) is 10.7. The van der Waals surface area contributed by atoms with Crippen molar-refractivity contribution in [1.29, 1.82) is 0 Å². The Morgan fingerprint density at radius 1 is 1.19 bits per heavy atom. The van der Waals surface area contributed by atoms with E-state index in [1.165, 1.54) is 11.9 Å². The molecule has 3 heterocycles. The highest BCUT2D eigenvalue weighted by molar-refractivity contribution is 5.93. The van der Waals surface area contributed by atoms with Crippen molar-refractivity contribution in [2.24, 2.45) is 16.6 Å². The van der Waals surface area contributed by atoms with Crippen molar-refractivity contribution in [1.82, 2.24) is 14.5 Å². The monoisotopic (exact) mass is 420 g/mol. The van der Waals surface area contributed by atoms with E-state index in [1.807, 2.05) is 38.2 Å². The quantitative estimate of drug-likeness (QED) is 0.596. The highest BCUT2D eigenvalue weighted by atomic mass is 16.5. The van der Waals surface area contributed by atoms with Crippen LogP contribution in [0, 0.1) is 5.92 Å². The Hall–Kier alpha value is -3.13. The van der Waals surface area contributed by atoms with E-state index in [-0.39, 0.29) is 18.1 Å². The Morgan fingerprint density at radius 3 is 2.87 bits per heavy atom. The number of nitrogen functional groups attached to an aromatic ring is 1. The van der Waals surface area contributed by atoms with Gasteiger partial charge in [0.05, 0.1) is 11.5 Å². The number of fused-ring (bicyclic) bond motifs is 2. The third-order valence-corrected chi connectivity index (χ3v) is 6.62. The van der Waals surface area contributed by atoms with Crippen molar-refractivity contribution < 1.29 is 9.84 Å². The van der Waals surface area contributed by atoms with Crippen molar-refractivity contribution in [2.45, 2.75) is 57.3 Å². The van der Waals surface area contributed by atoms with E-state index in [0.717, 1.165) is 41.7 Å². The second-order valence-electron chi connectivity index (χ2n) is 9.12. The zero-order valence-corrected chi connectivity index (χ0v) is 17.8. The summed E-state index contributed by atoms with van der Waals surface area (Å²) < 4.78 is 8.09. The number of hydrogen-bond acceptors (Lipinski definition) is 7. The molecule has 8 nitrogen and oxygen atoms in total. The SMILES string of the molecule is CC1(C)Oc2ccc(CC[C@H]3C[C@@H](n4ccc5c(N)ncnc54)C[C@@H]3O)cc2N=C1N. The summed E-state index contributed by atoms with van der Waals surface area (Å²) in [4.78, 5) is 13.0. The average Bonchev–Trinajstić information content (AvgIpc) is 3.31. The molecule has 0 bridgehead atoms. The molecule has 1 aromatic carbocycles. The molecule has 2 aromatic heterocycles. The van der Waals surface area contributed by atoms with Crippen LogP contribution in [0.4, 0.5) is 11.5 Å². The van der Waals surface area contributed by atoms with Gasteiger partial charge in [0.15, 0.2) is 5.60 Å². The van der Waals surface area contributed by atoms with Crippen molar-refractivity contribution in [3.63, 3.8) is 0 Å². The molecule has 1 aliphatic heterocycles. The number of nitrogens with zero attached hydrogens (tertiary/aromatic N) is 4. The van der Waals surface area contributed by atoms with Crippen molar-refractivity contribution in [3.8, 4) is 5.75 Å². The number of ether oxygens (including phenoxy) is 1. The molecule has 1 aliphatic carbocycles. The Kier molecular flexibility index (Phi) is 4.62.